The standard InChI is InChI=1S/C25H37F2N5O4/c1-14(28-5)22(33)30-21(25(2,3)4)23(34)31-10-9-19-20(31)15(12-32(19)24(35)29-6)13-36-16-7-8-17(26)18(27)11-16/h7-8,11,14-15,19-21,28H,9-10,12-13H2,1-6H3,(H,29,35)(H,30,33). The van der Waals surface area contributed by atoms with E-state index in [1.165, 1.54) is 6.07 Å². The predicted octanol–water partition coefficient (Wildman–Crippen LogP) is 1.72. The topological polar surface area (TPSA) is 103 Å². The van der Waals surface area contributed by atoms with Crippen molar-refractivity contribution in [1.29, 1.82) is 0 Å². The molecule has 1 aromatic rings. The number of carbonyl (C=O) groups is 3. The number of hydrogen-bond acceptors (Lipinski definition) is 5. The van der Waals surface area contributed by atoms with Crippen LogP contribution in [0.5, 0.6) is 5.75 Å². The number of halogens is 2. The molecule has 0 aliphatic carbocycles. The second-order valence-electron chi connectivity index (χ2n) is 10.6. The number of carbonyl (C=O) groups excluding carboxylic acids is 3. The van der Waals surface area contributed by atoms with Gasteiger partial charge in [0.05, 0.1) is 24.7 Å². The highest BCUT2D eigenvalue weighted by atomic mass is 19.2. The Kier molecular flexibility index (Phi) is 8.43. The summed E-state index contributed by atoms with van der Waals surface area (Å²) >= 11 is 0. The molecule has 0 bridgehead atoms. The van der Waals surface area contributed by atoms with Crippen LogP contribution < -0.4 is 20.7 Å². The number of ether oxygens (including phenoxy) is 1. The fourth-order valence-corrected chi connectivity index (χ4v) is 4.97. The zero-order valence-corrected chi connectivity index (χ0v) is 21.7. The molecule has 2 saturated heterocycles. The van der Waals surface area contributed by atoms with Crippen LogP contribution >= 0.6 is 0 Å². The smallest absolute Gasteiger partial charge is 0.317 e. The Balaban J connectivity index is 1.85. The third-order valence-corrected chi connectivity index (χ3v) is 7.07. The maximum Gasteiger partial charge on any atom is 0.317 e. The van der Waals surface area contributed by atoms with Gasteiger partial charge in [0.25, 0.3) is 0 Å². The number of urea groups is 1. The van der Waals surface area contributed by atoms with Crippen LogP contribution in [-0.2, 0) is 9.59 Å². The molecule has 0 radical (unpaired) electrons. The predicted molar refractivity (Wildman–Crippen MR) is 130 cm³/mol. The Labute approximate surface area is 210 Å². The molecule has 3 rings (SSSR count). The second-order valence-corrected chi connectivity index (χ2v) is 10.6. The summed E-state index contributed by atoms with van der Waals surface area (Å²) in [4.78, 5) is 42.6. The van der Waals surface area contributed by atoms with E-state index in [1.54, 1.807) is 30.8 Å². The number of likely N-dealkylation sites (N-methyl/N-ethyl adjacent to an activating group) is 1. The van der Waals surface area contributed by atoms with Crippen LogP contribution in [0, 0.1) is 23.0 Å². The van der Waals surface area contributed by atoms with Gasteiger partial charge in [-0.25, -0.2) is 13.6 Å². The van der Waals surface area contributed by atoms with Crippen LogP contribution in [0.3, 0.4) is 0 Å². The molecule has 0 saturated carbocycles. The molecule has 5 unspecified atom stereocenters. The summed E-state index contributed by atoms with van der Waals surface area (Å²) in [7, 11) is 3.22. The number of amides is 4. The van der Waals surface area contributed by atoms with Crippen molar-refractivity contribution in [3.8, 4) is 5.75 Å². The molecule has 2 fully saturated rings. The molecule has 36 heavy (non-hydrogen) atoms. The van der Waals surface area contributed by atoms with Gasteiger partial charge >= 0.3 is 6.03 Å². The van der Waals surface area contributed by atoms with Gasteiger partial charge < -0.3 is 30.5 Å². The van der Waals surface area contributed by atoms with Crippen molar-refractivity contribution >= 4 is 17.8 Å². The van der Waals surface area contributed by atoms with E-state index in [0.717, 1.165) is 12.1 Å². The third kappa shape index (κ3) is 5.71. The molecule has 200 valence electrons. The molecule has 3 N–H and O–H groups in total. The summed E-state index contributed by atoms with van der Waals surface area (Å²) < 4.78 is 32.7. The lowest BCUT2D eigenvalue weighted by molar-refractivity contribution is -0.141. The van der Waals surface area contributed by atoms with Crippen molar-refractivity contribution in [2.45, 2.75) is 58.3 Å². The number of rotatable bonds is 7. The Morgan fingerprint density at radius 1 is 1.14 bits per heavy atom. The second kappa shape index (κ2) is 11.0. The molecule has 0 aromatic heterocycles. The molecule has 1 aromatic carbocycles. The van der Waals surface area contributed by atoms with Gasteiger partial charge in [0.15, 0.2) is 11.6 Å². The van der Waals surface area contributed by atoms with Crippen LogP contribution in [0.1, 0.15) is 34.1 Å². The van der Waals surface area contributed by atoms with Gasteiger partial charge in [0, 0.05) is 32.1 Å². The molecule has 5 atom stereocenters. The fraction of sp³-hybridized carbons (Fsp3) is 0.640. The largest absolute Gasteiger partial charge is 0.493 e. The molecule has 2 heterocycles. The summed E-state index contributed by atoms with van der Waals surface area (Å²) in [6, 6.07) is 1.24. The summed E-state index contributed by atoms with van der Waals surface area (Å²) in [5.74, 6) is -2.58. The zero-order valence-electron chi connectivity index (χ0n) is 21.7. The number of nitrogens with one attached hydrogen (secondary N) is 3. The lowest BCUT2D eigenvalue weighted by atomic mass is 9.85. The highest BCUT2D eigenvalue weighted by Gasteiger charge is 2.53. The van der Waals surface area contributed by atoms with Crippen molar-refractivity contribution in [3.05, 3.63) is 29.8 Å². The van der Waals surface area contributed by atoms with E-state index in [-0.39, 0.29) is 48.2 Å². The SMILES string of the molecule is CNC(=O)N1CC(COc2ccc(F)c(F)c2)C2C1CCN2C(=O)C(NC(=O)C(C)NC)C(C)(C)C. The number of hydrogen-bond donors (Lipinski definition) is 3. The van der Waals surface area contributed by atoms with Crippen molar-refractivity contribution in [2.24, 2.45) is 11.3 Å². The number of nitrogens with zero attached hydrogens (tertiary/aromatic N) is 2. The van der Waals surface area contributed by atoms with Crippen LogP contribution in [0.2, 0.25) is 0 Å². The van der Waals surface area contributed by atoms with Gasteiger partial charge in [-0.1, -0.05) is 20.8 Å². The molecule has 0 spiro atoms. The van der Waals surface area contributed by atoms with E-state index >= 15 is 0 Å². The third-order valence-electron chi connectivity index (χ3n) is 7.07. The van der Waals surface area contributed by atoms with Crippen LogP contribution in [0.25, 0.3) is 0 Å². The van der Waals surface area contributed by atoms with E-state index < -0.39 is 29.1 Å². The first kappa shape index (κ1) is 27.6. The normalized spacial score (nSPS) is 23.2. The monoisotopic (exact) mass is 509 g/mol. The first-order valence-corrected chi connectivity index (χ1v) is 12.2. The van der Waals surface area contributed by atoms with Crippen molar-refractivity contribution in [2.75, 3.05) is 33.8 Å². The van der Waals surface area contributed by atoms with Crippen LogP contribution in [0.15, 0.2) is 18.2 Å². The average molecular weight is 510 g/mol. The first-order valence-electron chi connectivity index (χ1n) is 12.2. The van der Waals surface area contributed by atoms with Gasteiger partial charge in [-0.3, -0.25) is 9.59 Å². The fourth-order valence-electron chi connectivity index (χ4n) is 4.97. The van der Waals surface area contributed by atoms with E-state index in [1.807, 2.05) is 20.8 Å². The van der Waals surface area contributed by atoms with Crippen molar-refractivity contribution in [1.82, 2.24) is 25.8 Å². The lowest BCUT2D eigenvalue weighted by Gasteiger charge is -2.37. The van der Waals surface area contributed by atoms with Crippen LogP contribution in [0.4, 0.5) is 13.6 Å². The quantitative estimate of drug-likeness (QED) is 0.520. The van der Waals surface area contributed by atoms with Crippen LogP contribution in [-0.4, -0.2) is 85.6 Å². The van der Waals surface area contributed by atoms with Gasteiger partial charge in [0.2, 0.25) is 11.8 Å². The van der Waals surface area contributed by atoms with Gasteiger partial charge in [0.1, 0.15) is 11.8 Å². The minimum Gasteiger partial charge on any atom is -0.493 e. The van der Waals surface area contributed by atoms with E-state index in [9.17, 15) is 23.2 Å². The molecule has 9 nitrogen and oxygen atoms in total. The number of benzene rings is 1. The Bertz CT molecular complexity index is 986. The van der Waals surface area contributed by atoms with Gasteiger partial charge in [-0.2, -0.15) is 0 Å². The van der Waals surface area contributed by atoms with E-state index in [4.69, 9.17) is 4.74 Å². The Morgan fingerprint density at radius 2 is 1.83 bits per heavy atom. The summed E-state index contributed by atoms with van der Waals surface area (Å²) in [6.45, 7) is 8.26. The summed E-state index contributed by atoms with van der Waals surface area (Å²) in [6.07, 6.45) is 0.587. The summed E-state index contributed by atoms with van der Waals surface area (Å²) in [5.41, 5.74) is -0.561. The molecular weight excluding hydrogens is 472 g/mol. The maximum absolute atomic E-state index is 13.9. The Hall–Kier alpha value is -2.95. The number of fused-ring (bicyclic) bond motifs is 1. The van der Waals surface area contributed by atoms with Crippen molar-refractivity contribution < 1.29 is 27.9 Å². The van der Waals surface area contributed by atoms with Crippen molar-refractivity contribution in [3.63, 3.8) is 0 Å². The highest BCUT2D eigenvalue weighted by Crippen LogP contribution is 2.37. The molecule has 2 aliphatic rings. The zero-order chi connectivity index (χ0) is 26.8. The first-order chi connectivity index (χ1) is 16.9. The minimum atomic E-state index is -1.01. The summed E-state index contributed by atoms with van der Waals surface area (Å²) in [5, 5.41) is 8.43. The average Bonchev–Trinajstić information content (AvgIpc) is 3.42. The van der Waals surface area contributed by atoms with Gasteiger partial charge in [-0.15, -0.1) is 0 Å². The van der Waals surface area contributed by atoms with E-state index in [2.05, 4.69) is 16.0 Å². The highest BCUT2D eigenvalue weighted by molar-refractivity contribution is 5.90. The molecule has 2 aliphatic heterocycles. The Morgan fingerprint density at radius 3 is 2.42 bits per heavy atom. The molecule has 11 heteroatoms. The number of likely N-dealkylation sites (tertiary alicyclic amines) is 2. The lowest BCUT2D eigenvalue weighted by Crippen LogP contribution is -2.59. The maximum atomic E-state index is 13.9. The van der Waals surface area contributed by atoms with Gasteiger partial charge in [-0.05, 0) is 37.9 Å². The molecule has 4 amide bonds. The van der Waals surface area contributed by atoms with E-state index in [0.29, 0.717) is 19.5 Å². The molecular formula is C25H37F2N5O4. The minimum absolute atomic E-state index is 0.104.